The molecule has 1 atom stereocenters. The summed E-state index contributed by atoms with van der Waals surface area (Å²) in [5.41, 5.74) is 1.77. The van der Waals surface area contributed by atoms with Crippen LogP contribution in [0.5, 0.6) is 11.5 Å². The molecule has 36 heavy (non-hydrogen) atoms. The van der Waals surface area contributed by atoms with Crippen molar-refractivity contribution in [3.63, 3.8) is 0 Å². The molecule has 1 aliphatic heterocycles. The molecule has 10 heteroatoms. The molecule has 1 aromatic heterocycles. The first-order valence-electron chi connectivity index (χ1n) is 12.0. The summed E-state index contributed by atoms with van der Waals surface area (Å²) in [4.78, 5) is 32.2. The van der Waals surface area contributed by atoms with E-state index in [0.717, 1.165) is 19.5 Å². The Labute approximate surface area is 215 Å². The molecule has 2 heterocycles. The van der Waals surface area contributed by atoms with E-state index in [-0.39, 0.29) is 23.0 Å². The van der Waals surface area contributed by atoms with Gasteiger partial charge in [0.25, 0.3) is 5.91 Å². The van der Waals surface area contributed by atoms with Crippen LogP contribution in [-0.2, 0) is 4.79 Å². The Morgan fingerprint density at radius 1 is 1.19 bits per heavy atom. The molecule has 0 fully saturated rings. The number of methoxy groups -OCH3 is 2. The van der Waals surface area contributed by atoms with Crippen molar-refractivity contribution in [1.29, 1.82) is 0 Å². The number of benzene rings is 2. The van der Waals surface area contributed by atoms with E-state index in [4.69, 9.17) is 21.7 Å². The summed E-state index contributed by atoms with van der Waals surface area (Å²) >= 11 is 5.39. The van der Waals surface area contributed by atoms with Crippen molar-refractivity contribution < 1.29 is 19.1 Å². The van der Waals surface area contributed by atoms with E-state index in [2.05, 4.69) is 39.6 Å². The lowest BCUT2D eigenvalue weighted by Crippen LogP contribution is -2.31. The molecule has 0 aliphatic carbocycles. The zero-order valence-corrected chi connectivity index (χ0v) is 21.6. The van der Waals surface area contributed by atoms with Crippen LogP contribution in [0.1, 0.15) is 31.0 Å². The molecule has 2 N–H and O–H groups in total. The molecular formula is C26H31N5O4S. The minimum absolute atomic E-state index is 0.0821. The first kappa shape index (κ1) is 25.4. The Balaban J connectivity index is 1.33. The minimum atomic E-state index is -0.563. The van der Waals surface area contributed by atoms with E-state index in [1.54, 1.807) is 26.4 Å². The van der Waals surface area contributed by atoms with Crippen molar-refractivity contribution in [2.24, 2.45) is 0 Å². The zero-order chi connectivity index (χ0) is 25.7. The van der Waals surface area contributed by atoms with Gasteiger partial charge in [-0.05, 0) is 50.2 Å². The summed E-state index contributed by atoms with van der Waals surface area (Å²) in [7, 11) is 3.10. The van der Waals surface area contributed by atoms with Gasteiger partial charge in [0.2, 0.25) is 10.7 Å². The standard InChI is InChI=1S/C26H31N5O4S/c1-4-30(17-9-6-5-7-10-17)14-8-13-27-23(32)12-11-19-25(33)31-24(28-19)18-15-21(34-2)22(35-3)16-20(18)29-26(31)36/h5-7,9-10,15-16,19,28H,4,8,11-14H2,1-3H3,(H,27,32)/t19-/m1/s1. The quantitative estimate of drug-likeness (QED) is 0.295. The maximum absolute atomic E-state index is 13.1. The van der Waals surface area contributed by atoms with Crippen LogP contribution in [0, 0.1) is 4.77 Å². The number of carbonyl (C=O) groups excluding carboxylic acids is 2. The van der Waals surface area contributed by atoms with Gasteiger partial charge < -0.3 is 25.0 Å². The van der Waals surface area contributed by atoms with Crippen molar-refractivity contribution in [2.45, 2.75) is 32.2 Å². The predicted molar refractivity (Wildman–Crippen MR) is 143 cm³/mol. The van der Waals surface area contributed by atoms with Gasteiger partial charge in [0.1, 0.15) is 11.9 Å². The van der Waals surface area contributed by atoms with Gasteiger partial charge in [-0.25, -0.2) is 9.55 Å². The van der Waals surface area contributed by atoms with Crippen LogP contribution >= 0.6 is 12.2 Å². The number of ether oxygens (including phenoxy) is 2. The third-order valence-corrected chi connectivity index (χ3v) is 6.58. The molecule has 3 aromatic rings. The van der Waals surface area contributed by atoms with E-state index >= 15 is 0 Å². The maximum atomic E-state index is 13.1. The average Bonchev–Trinajstić information content (AvgIpc) is 3.24. The normalized spacial score (nSPS) is 14.3. The summed E-state index contributed by atoms with van der Waals surface area (Å²) in [6, 6.07) is 13.2. The van der Waals surface area contributed by atoms with Gasteiger partial charge in [-0.3, -0.25) is 9.59 Å². The molecule has 0 unspecified atom stereocenters. The van der Waals surface area contributed by atoms with Gasteiger partial charge in [0.05, 0.1) is 19.7 Å². The van der Waals surface area contributed by atoms with Gasteiger partial charge in [0, 0.05) is 43.2 Å². The lowest BCUT2D eigenvalue weighted by atomic mass is 10.1. The van der Waals surface area contributed by atoms with E-state index in [9.17, 15) is 9.59 Å². The van der Waals surface area contributed by atoms with Crippen LogP contribution in [0.4, 0.5) is 11.5 Å². The Hall–Kier alpha value is -3.66. The van der Waals surface area contributed by atoms with Crippen molar-refractivity contribution >= 4 is 46.4 Å². The molecule has 0 radical (unpaired) electrons. The topological polar surface area (TPSA) is 97.7 Å². The Morgan fingerprint density at radius 3 is 2.61 bits per heavy atom. The van der Waals surface area contributed by atoms with E-state index in [0.29, 0.717) is 41.2 Å². The first-order valence-corrected chi connectivity index (χ1v) is 12.4. The van der Waals surface area contributed by atoms with Gasteiger partial charge in [-0.15, -0.1) is 0 Å². The Kier molecular flexibility index (Phi) is 8.04. The smallest absolute Gasteiger partial charge is 0.257 e. The molecule has 4 rings (SSSR count). The second-order valence-electron chi connectivity index (χ2n) is 8.50. The number of fused-ring (bicyclic) bond motifs is 3. The van der Waals surface area contributed by atoms with Crippen LogP contribution in [0.15, 0.2) is 42.5 Å². The van der Waals surface area contributed by atoms with Crippen molar-refractivity contribution in [2.75, 3.05) is 44.1 Å². The average molecular weight is 510 g/mol. The third-order valence-electron chi connectivity index (χ3n) is 6.31. The molecule has 2 aromatic carbocycles. The fraction of sp³-hybridized carbons (Fsp3) is 0.385. The van der Waals surface area contributed by atoms with Crippen molar-refractivity contribution in [1.82, 2.24) is 14.9 Å². The number of rotatable bonds is 11. The number of carbonyl (C=O) groups is 2. The van der Waals surface area contributed by atoms with Crippen LogP contribution in [0.2, 0.25) is 0 Å². The number of para-hydroxylation sites is 1. The SMILES string of the molecule is CCN(CCCNC(=O)CC[C@H]1Nc2c3cc(OC)c(OC)cc3nc(=S)n2C1=O)c1ccccc1. The summed E-state index contributed by atoms with van der Waals surface area (Å²) in [5.74, 6) is 1.31. The first-order chi connectivity index (χ1) is 17.5. The highest BCUT2D eigenvalue weighted by Crippen LogP contribution is 2.36. The second kappa shape index (κ2) is 11.4. The Morgan fingerprint density at radius 2 is 1.92 bits per heavy atom. The Bertz CT molecular complexity index is 1310. The maximum Gasteiger partial charge on any atom is 0.257 e. The molecule has 190 valence electrons. The van der Waals surface area contributed by atoms with Gasteiger partial charge in [-0.2, -0.15) is 0 Å². The number of aromatic nitrogens is 2. The lowest BCUT2D eigenvalue weighted by Gasteiger charge is -2.23. The van der Waals surface area contributed by atoms with Gasteiger partial charge in [-0.1, -0.05) is 18.2 Å². The largest absolute Gasteiger partial charge is 0.493 e. The number of anilines is 2. The third kappa shape index (κ3) is 5.28. The monoisotopic (exact) mass is 509 g/mol. The zero-order valence-electron chi connectivity index (χ0n) is 20.7. The van der Waals surface area contributed by atoms with Crippen LogP contribution < -0.4 is 25.0 Å². The summed E-state index contributed by atoms with van der Waals surface area (Å²) in [6.07, 6.45) is 1.41. The number of hydrogen-bond donors (Lipinski definition) is 2. The summed E-state index contributed by atoms with van der Waals surface area (Å²) in [5, 5.41) is 6.91. The molecule has 1 aliphatic rings. The molecular weight excluding hydrogens is 478 g/mol. The van der Waals surface area contributed by atoms with Crippen LogP contribution in [0.25, 0.3) is 10.9 Å². The highest BCUT2D eigenvalue weighted by atomic mass is 32.1. The van der Waals surface area contributed by atoms with Crippen molar-refractivity contribution in [3.05, 3.63) is 47.2 Å². The predicted octanol–water partition coefficient (Wildman–Crippen LogP) is 4.03. The fourth-order valence-electron chi connectivity index (χ4n) is 4.41. The number of amides is 1. The highest BCUT2D eigenvalue weighted by Gasteiger charge is 2.32. The summed E-state index contributed by atoms with van der Waals surface area (Å²) < 4.78 is 12.3. The van der Waals surface area contributed by atoms with Crippen molar-refractivity contribution in [3.8, 4) is 11.5 Å². The molecule has 0 spiro atoms. The van der Waals surface area contributed by atoms with E-state index < -0.39 is 6.04 Å². The van der Waals surface area contributed by atoms with Crippen LogP contribution in [-0.4, -0.2) is 61.3 Å². The molecule has 1 amide bonds. The number of nitrogens with zero attached hydrogens (tertiary/aromatic N) is 3. The molecule has 0 bridgehead atoms. The molecule has 9 nitrogen and oxygen atoms in total. The highest BCUT2D eigenvalue weighted by molar-refractivity contribution is 7.71. The lowest BCUT2D eigenvalue weighted by molar-refractivity contribution is -0.121. The molecule has 0 saturated heterocycles. The number of hydrogen-bond acceptors (Lipinski definition) is 8. The minimum Gasteiger partial charge on any atom is -0.493 e. The van der Waals surface area contributed by atoms with E-state index in [1.807, 2.05) is 18.2 Å². The summed E-state index contributed by atoms with van der Waals surface area (Å²) in [6.45, 7) is 4.45. The van der Waals surface area contributed by atoms with Crippen LogP contribution in [0.3, 0.4) is 0 Å². The molecule has 0 saturated carbocycles. The van der Waals surface area contributed by atoms with E-state index in [1.165, 1.54) is 10.3 Å². The van der Waals surface area contributed by atoms with Gasteiger partial charge in [0.15, 0.2) is 11.5 Å². The fourth-order valence-corrected chi connectivity index (χ4v) is 4.69. The van der Waals surface area contributed by atoms with Gasteiger partial charge >= 0.3 is 0 Å². The number of nitrogens with one attached hydrogen (secondary N) is 2. The second-order valence-corrected chi connectivity index (χ2v) is 8.86.